The highest BCUT2D eigenvalue weighted by Gasteiger charge is 2.10. The van der Waals surface area contributed by atoms with Crippen molar-refractivity contribution in [3.63, 3.8) is 0 Å². The molecular formula is C16H14N2O4. The van der Waals surface area contributed by atoms with Crippen molar-refractivity contribution in [2.75, 3.05) is 13.2 Å². The van der Waals surface area contributed by atoms with Crippen molar-refractivity contribution in [1.29, 1.82) is 0 Å². The molecule has 2 aromatic rings. The van der Waals surface area contributed by atoms with Gasteiger partial charge in [-0.15, -0.1) is 6.42 Å². The molecule has 0 aliphatic carbocycles. The number of esters is 1. The van der Waals surface area contributed by atoms with E-state index in [1.807, 2.05) is 30.3 Å². The number of para-hydroxylation sites is 1. The van der Waals surface area contributed by atoms with Crippen LogP contribution < -0.4 is 10.3 Å². The minimum absolute atomic E-state index is 0.0227. The summed E-state index contributed by atoms with van der Waals surface area (Å²) in [5.74, 6) is 2.21. The maximum absolute atomic E-state index is 11.7. The Balaban J connectivity index is 2.00. The van der Waals surface area contributed by atoms with Crippen molar-refractivity contribution < 1.29 is 14.3 Å². The highest BCUT2D eigenvalue weighted by molar-refractivity contribution is 5.86. The van der Waals surface area contributed by atoms with Crippen LogP contribution in [0.25, 0.3) is 0 Å². The van der Waals surface area contributed by atoms with E-state index in [0.29, 0.717) is 5.75 Å². The van der Waals surface area contributed by atoms with Crippen molar-refractivity contribution in [2.24, 2.45) is 0 Å². The Morgan fingerprint density at radius 1 is 1.23 bits per heavy atom. The van der Waals surface area contributed by atoms with Gasteiger partial charge in [-0.1, -0.05) is 24.1 Å². The lowest BCUT2D eigenvalue weighted by molar-refractivity contribution is 0.0546. The molecule has 1 aromatic heterocycles. The van der Waals surface area contributed by atoms with Crippen molar-refractivity contribution >= 4 is 5.97 Å². The lowest BCUT2D eigenvalue weighted by atomic mass is 10.3. The Morgan fingerprint density at radius 3 is 2.73 bits per heavy atom. The highest BCUT2D eigenvalue weighted by atomic mass is 16.5. The minimum Gasteiger partial charge on any atom is -0.492 e. The van der Waals surface area contributed by atoms with E-state index in [1.54, 1.807) is 0 Å². The van der Waals surface area contributed by atoms with Gasteiger partial charge in [0.2, 0.25) is 0 Å². The van der Waals surface area contributed by atoms with E-state index in [-0.39, 0.29) is 31.0 Å². The highest BCUT2D eigenvalue weighted by Crippen LogP contribution is 2.07. The van der Waals surface area contributed by atoms with Gasteiger partial charge in [0.15, 0.2) is 12.3 Å². The molecule has 0 atom stereocenters. The Kier molecular flexibility index (Phi) is 5.32. The van der Waals surface area contributed by atoms with Crippen molar-refractivity contribution in [3.8, 4) is 18.1 Å². The van der Waals surface area contributed by atoms with Crippen LogP contribution in [0.4, 0.5) is 0 Å². The van der Waals surface area contributed by atoms with Gasteiger partial charge in [0.1, 0.15) is 12.4 Å². The van der Waals surface area contributed by atoms with Gasteiger partial charge in [0, 0.05) is 6.07 Å². The zero-order valence-corrected chi connectivity index (χ0v) is 11.8. The molecule has 0 aliphatic heterocycles. The van der Waals surface area contributed by atoms with Gasteiger partial charge in [0.05, 0.1) is 6.54 Å². The number of carbonyl (C=O) groups is 1. The molecule has 0 radical (unpaired) electrons. The summed E-state index contributed by atoms with van der Waals surface area (Å²) in [5.41, 5.74) is -0.306. The number of aromatic nitrogens is 2. The van der Waals surface area contributed by atoms with E-state index in [0.717, 1.165) is 4.68 Å². The van der Waals surface area contributed by atoms with Crippen LogP contribution in [0.2, 0.25) is 0 Å². The molecule has 0 saturated carbocycles. The molecule has 0 amide bonds. The number of carbonyl (C=O) groups excluding carboxylic acids is 1. The van der Waals surface area contributed by atoms with Gasteiger partial charge < -0.3 is 9.47 Å². The largest absolute Gasteiger partial charge is 0.492 e. The molecule has 1 heterocycles. The Hall–Kier alpha value is -3.07. The van der Waals surface area contributed by atoms with Gasteiger partial charge in [-0.2, -0.15) is 5.10 Å². The van der Waals surface area contributed by atoms with Crippen LogP contribution >= 0.6 is 0 Å². The Labute approximate surface area is 127 Å². The second-order valence-electron chi connectivity index (χ2n) is 4.22. The number of nitrogens with zero attached hydrogens (tertiary/aromatic N) is 2. The van der Waals surface area contributed by atoms with Gasteiger partial charge in [-0.05, 0) is 18.2 Å². The summed E-state index contributed by atoms with van der Waals surface area (Å²) in [5, 5.41) is 3.94. The molecule has 0 fully saturated rings. The summed E-state index contributed by atoms with van der Waals surface area (Å²) in [7, 11) is 0. The van der Waals surface area contributed by atoms with Crippen LogP contribution in [0.3, 0.4) is 0 Å². The normalized spacial score (nSPS) is 9.77. The first kappa shape index (κ1) is 15.3. The predicted molar refractivity (Wildman–Crippen MR) is 79.5 cm³/mol. The van der Waals surface area contributed by atoms with Crippen LogP contribution in [0.1, 0.15) is 10.5 Å². The third kappa shape index (κ3) is 4.21. The van der Waals surface area contributed by atoms with Crippen LogP contribution in [0.15, 0.2) is 47.3 Å². The molecule has 0 bridgehead atoms. The van der Waals surface area contributed by atoms with Crippen LogP contribution in [-0.4, -0.2) is 29.0 Å². The average Bonchev–Trinajstić information content (AvgIpc) is 2.55. The Bertz CT molecular complexity index is 732. The van der Waals surface area contributed by atoms with E-state index >= 15 is 0 Å². The molecule has 2 rings (SSSR count). The van der Waals surface area contributed by atoms with Gasteiger partial charge >= 0.3 is 5.97 Å². The molecule has 6 nitrogen and oxygen atoms in total. The first-order valence-electron chi connectivity index (χ1n) is 6.57. The molecule has 0 aliphatic rings. The molecule has 112 valence electrons. The zero-order chi connectivity index (χ0) is 15.8. The smallest absolute Gasteiger partial charge is 0.359 e. The number of hydrogen-bond acceptors (Lipinski definition) is 5. The topological polar surface area (TPSA) is 70.4 Å². The lowest BCUT2D eigenvalue weighted by Crippen LogP contribution is -2.27. The fourth-order valence-electron chi connectivity index (χ4n) is 1.67. The quantitative estimate of drug-likeness (QED) is 0.590. The molecule has 0 N–H and O–H groups in total. The summed E-state index contributed by atoms with van der Waals surface area (Å²) in [4.78, 5) is 23.3. The fraction of sp³-hybridized carbons (Fsp3) is 0.188. The van der Waals surface area contributed by atoms with E-state index in [1.165, 1.54) is 12.1 Å². The number of terminal acetylenes is 1. The molecule has 0 unspecified atom stereocenters. The molecule has 22 heavy (non-hydrogen) atoms. The Morgan fingerprint density at radius 2 is 2.00 bits per heavy atom. The monoisotopic (exact) mass is 298 g/mol. The van der Waals surface area contributed by atoms with Crippen molar-refractivity contribution in [3.05, 3.63) is 58.5 Å². The number of hydrogen-bond donors (Lipinski definition) is 0. The molecule has 0 saturated heterocycles. The average molecular weight is 298 g/mol. The van der Waals surface area contributed by atoms with Crippen molar-refractivity contribution in [1.82, 2.24) is 9.78 Å². The molecular weight excluding hydrogens is 284 g/mol. The van der Waals surface area contributed by atoms with E-state index in [4.69, 9.17) is 15.9 Å². The standard InChI is InChI=1S/C16H14N2O4/c1-2-11-22-16(20)14-8-9-15(19)18(17-14)10-12-21-13-6-4-3-5-7-13/h1,3-9H,10-12H2. The van der Waals surface area contributed by atoms with Crippen LogP contribution in [0.5, 0.6) is 5.75 Å². The molecule has 1 aromatic carbocycles. The predicted octanol–water partition coefficient (Wildman–Crippen LogP) is 1.11. The summed E-state index contributed by atoms with van der Waals surface area (Å²) in [6, 6.07) is 11.7. The van der Waals surface area contributed by atoms with E-state index in [2.05, 4.69) is 11.0 Å². The SMILES string of the molecule is C#CCOC(=O)c1ccc(=O)n(CCOc2ccccc2)n1. The minimum atomic E-state index is -0.671. The fourth-order valence-corrected chi connectivity index (χ4v) is 1.67. The third-order valence-electron chi connectivity index (χ3n) is 2.68. The third-order valence-corrected chi connectivity index (χ3v) is 2.68. The van der Waals surface area contributed by atoms with E-state index < -0.39 is 5.97 Å². The van der Waals surface area contributed by atoms with Gasteiger partial charge in [0.25, 0.3) is 5.56 Å². The number of benzene rings is 1. The second kappa shape index (κ2) is 7.64. The second-order valence-corrected chi connectivity index (χ2v) is 4.22. The zero-order valence-electron chi connectivity index (χ0n) is 11.8. The molecule has 0 spiro atoms. The summed E-state index contributed by atoms with van der Waals surface area (Å²) >= 11 is 0. The van der Waals surface area contributed by atoms with Crippen LogP contribution in [-0.2, 0) is 11.3 Å². The van der Waals surface area contributed by atoms with Crippen LogP contribution in [0, 0.1) is 12.3 Å². The maximum atomic E-state index is 11.7. The maximum Gasteiger partial charge on any atom is 0.359 e. The lowest BCUT2D eigenvalue weighted by Gasteiger charge is -2.08. The summed E-state index contributed by atoms with van der Waals surface area (Å²) in [6.07, 6.45) is 5.01. The number of rotatable bonds is 6. The van der Waals surface area contributed by atoms with Crippen molar-refractivity contribution in [2.45, 2.75) is 6.54 Å². The summed E-state index contributed by atoms with van der Waals surface area (Å²) in [6.45, 7) is 0.320. The first-order valence-corrected chi connectivity index (χ1v) is 6.57. The van der Waals surface area contributed by atoms with Gasteiger partial charge in [-0.3, -0.25) is 4.79 Å². The number of ether oxygens (including phenoxy) is 2. The van der Waals surface area contributed by atoms with E-state index in [9.17, 15) is 9.59 Å². The molecule has 6 heteroatoms. The first-order chi connectivity index (χ1) is 10.7. The summed E-state index contributed by atoms with van der Waals surface area (Å²) < 4.78 is 11.4. The van der Waals surface area contributed by atoms with Gasteiger partial charge in [-0.25, -0.2) is 9.48 Å².